The Morgan fingerprint density at radius 2 is 2.29 bits per heavy atom. The quantitative estimate of drug-likeness (QED) is 0.650. The van der Waals surface area contributed by atoms with E-state index in [1.54, 1.807) is 0 Å². The summed E-state index contributed by atoms with van der Waals surface area (Å²) in [5.74, 6) is 0.352. The molecule has 0 radical (unpaired) electrons. The molecule has 1 unspecified atom stereocenters. The largest absolute Gasteiger partial charge is 0.396 e. The first kappa shape index (κ1) is 11.8. The molecule has 1 saturated heterocycles. The molecule has 5 heteroatoms. The topological polar surface area (TPSA) is 32.7 Å². The molecule has 1 N–H and O–H groups in total. The molecule has 0 aromatic heterocycles. The van der Waals surface area contributed by atoms with Gasteiger partial charge in [-0.15, -0.1) is 0 Å². The molecule has 1 aliphatic heterocycles. The molecule has 0 amide bonds. The summed E-state index contributed by atoms with van der Waals surface area (Å²) < 4.78 is 28.1. The summed E-state index contributed by atoms with van der Waals surface area (Å²) in [5.41, 5.74) is 0. The van der Waals surface area contributed by atoms with Gasteiger partial charge in [0.1, 0.15) is 6.61 Å². The van der Waals surface area contributed by atoms with Crippen LogP contribution in [-0.4, -0.2) is 55.9 Å². The lowest BCUT2D eigenvalue weighted by molar-refractivity contribution is 0.0111. The lowest BCUT2D eigenvalue weighted by atomic mass is 10.1. The molecule has 0 bridgehead atoms. The van der Waals surface area contributed by atoms with Crippen LogP contribution in [0.15, 0.2) is 0 Å². The summed E-state index contributed by atoms with van der Waals surface area (Å²) in [6, 6.07) is 0. The third kappa shape index (κ3) is 4.30. The van der Waals surface area contributed by atoms with E-state index >= 15 is 0 Å². The summed E-state index contributed by atoms with van der Waals surface area (Å²) >= 11 is 0. The Kier molecular flexibility index (Phi) is 5.29. The van der Waals surface area contributed by atoms with Gasteiger partial charge < -0.3 is 14.7 Å². The van der Waals surface area contributed by atoms with Crippen molar-refractivity contribution in [2.24, 2.45) is 5.92 Å². The van der Waals surface area contributed by atoms with Crippen LogP contribution in [0.2, 0.25) is 0 Å². The molecular weight excluding hydrogens is 192 g/mol. The third-order valence-electron chi connectivity index (χ3n) is 2.42. The molecular formula is C9H17F2NO2. The first-order chi connectivity index (χ1) is 6.72. The smallest absolute Gasteiger partial charge is 0.261 e. The van der Waals surface area contributed by atoms with E-state index in [1.165, 1.54) is 0 Å². The number of aliphatic hydroxyl groups excluding tert-OH is 1. The standard InChI is InChI=1S/C9H17F2NO2/c10-9(11)7-14-4-3-12-2-1-8(5-12)6-13/h8-9,13H,1-7H2. The molecule has 1 rings (SSSR count). The van der Waals surface area contributed by atoms with Crippen LogP contribution in [-0.2, 0) is 4.74 Å². The number of ether oxygens (including phenoxy) is 1. The molecule has 1 aliphatic rings. The van der Waals surface area contributed by atoms with Gasteiger partial charge in [-0.2, -0.15) is 0 Å². The van der Waals surface area contributed by atoms with Gasteiger partial charge >= 0.3 is 0 Å². The average molecular weight is 209 g/mol. The number of alkyl halides is 2. The molecule has 0 aliphatic carbocycles. The Morgan fingerprint density at radius 1 is 1.50 bits per heavy atom. The molecule has 0 spiro atoms. The van der Waals surface area contributed by atoms with E-state index in [-0.39, 0.29) is 6.61 Å². The zero-order valence-corrected chi connectivity index (χ0v) is 8.16. The summed E-state index contributed by atoms with van der Waals surface area (Å²) in [6.07, 6.45) is -1.38. The molecule has 14 heavy (non-hydrogen) atoms. The Balaban J connectivity index is 1.97. The minimum atomic E-state index is -2.38. The molecule has 0 aromatic carbocycles. The van der Waals surface area contributed by atoms with Crippen LogP contribution < -0.4 is 0 Å². The van der Waals surface area contributed by atoms with Crippen molar-refractivity contribution in [1.82, 2.24) is 4.90 Å². The SMILES string of the molecule is OCC1CCN(CCOCC(F)F)C1. The van der Waals surface area contributed by atoms with Crippen molar-refractivity contribution >= 4 is 0 Å². The van der Waals surface area contributed by atoms with Crippen LogP contribution in [0.25, 0.3) is 0 Å². The van der Waals surface area contributed by atoms with Gasteiger partial charge in [-0.1, -0.05) is 0 Å². The van der Waals surface area contributed by atoms with Gasteiger partial charge in [0, 0.05) is 19.7 Å². The van der Waals surface area contributed by atoms with Crippen molar-refractivity contribution in [2.75, 3.05) is 39.5 Å². The molecule has 1 fully saturated rings. The van der Waals surface area contributed by atoms with Gasteiger partial charge in [0.15, 0.2) is 0 Å². The Morgan fingerprint density at radius 3 is 2.86 bits per heavy atom. The van der Waals surface area contributed by atoms with Crippen molar-refractivity contribution < 1.29 is 18.6 Å². The Bertz CT molecular complexity index is 158. The highest BCUT2D eigenvalue weighted by atomic mass is 19.3. The molecule has 0 aromatic rings. The fourth-order valence-electron chi connectivity index (χ4n) is 1.63. The minimum absolute atomic E-state index is 0.217. The number of likely N-dealkylation sites (tertiary alicyclic amines) is 1. The van der Waals surface area contributed by atoms with Crippen molar-refractivity contribution in [3.8, 4) is 0 Å². The second kappa shape index (κ2) is 6.27. The predicted octanol–water partition coefficient (Wildman–Crippen LogP) is 0.582. The first-order valence-corrected chi connectivity index (χ1v) is 4.91. The molecule has 1 atom stereocenters. The average Bonchev–Trinajstić information content (AvgIpc) is 2.60. The number of halogens is 2. The predicted molar refractivity (Wildman–Crippen MR) is 48.5 cm³/mol. The lowest BCUT2D eigenvalue weighted by Crippen LogP contribution is -2.26. The maximum atomic E-state index is 11.7. The number of rotatable bonds is 6. The fraction of sp³-hybridized carbons (Fsp3) is 1.00. The molecule has 84 valence electrons. The second-order valence-electron chi connectivity index (χ2n) is 3.60. The Labute approximate surface area is 82.7 Å². The maximum absolute atomic E-state index is 11.7. The number of hydrogen-bond acceptors (Lipinski definition) is 3. The van der Waals surface area contributed by atoms with Gasteiger partial charge in [-0.25, -0.2) is 8.78 Å². The lowest BCUT2D eigenvalue weighted by Gasteiger charge is -2.15. The molecule has 0 saturated carbocycles. The summed E-state index contributed by atoms with van der Waals surface area (Å²) in [4.78, 5) is 2.13. The zero-order chi connectivity index (χ0) is 10.4. The van der Waals surface area contributed by atoms with Crippen LogP contribution in [0.4, 0.5) is 8.78 Å². The van der Waals surface area contributed by atoms with E-state index in [4.69, 9.17) is 9.84 Å². The summed E-state index contributed by atoms with van der Waals surface area (Å²) in [7, 11) is 0. The van der Waals surface area contributed by atoms with Crippen molar-refractivity contribution in [2.45, 2.75) is 12.8 Å². The van der Waals surface area contributed by atoms with Gasteiger partial charge in [-0.3, -0.25) is 0 Å². The van der Waals surface area contributed by atoms with E-state index < -0.39 is 13.0 Å². The van der Waals surface area contributed by atoms with Gasteiger partial charge in [-0.05, 0) is 18.9 Å². The van der Waals surface area contributed by atoms with Gasteiger partial charge in [0.2, 0.25) is 0 Å². The first-order valence-electron chi connectivity index (χ1n) is 4.91. The van der Waals surface area contributed by atoms with Crippen LogP contribution in [0, 0.1) is 5.92 Å². The second-order valence-corrected chi connectivity index (χ2v) is 3.60. The molecule has 1 heterocycles. The van der Waals surface area contributed by atoms with E-state index in [0.717, 1.165) is 19.5 Å². The fourth-order valence-corrected chi connectivity index (χ4v) is 1.63. The maximum Gasteiger partial charge on any atom is 0.261 e. The van der Waals surface area contributed by atoms with Crippen molar-refractivity contribution in [3.05, 3.63) is 0 Å². The third-order valence-corrected chi connectivity index (χ3v) is 2.42. The highest BCUT2D eigenvalue weighted by Gasteiger charge is 2.20. The number of nitrogens with zero attached hydrogens (tertiary/aromatic N) is 1. The highest BCUT2D eigenvalue weighted by molar-refractivity contribution is 4.74. The van der Waals surface area contributed by atoms with Gasteiger partial charge in [0.25, 0.3) is 6.43 Å². The van der Waals surface area contributed by atoms with Crippen LogP contribution in [0.1, 0.15) is 6.42 Å². The van der Waals surface area contributed by atoms with Crippen LogP contribution in [0.5, 0.6) is 0 Å². The number of aliphatic hydroxyl groups is 1. The highest BCUT2D eigenvalue weighted by Crippen LogP contribution is 2.14. The van der Waals surface area contributed by atoms with E-state index in [2.05, 4.69) is 4.90 Å². The Hall–Kier alpha value is -0.260. The van der Waals surface area contributed by atoms with E-state index in [9.17, 15) is 8.78 Å². The van der Waals surface area contributed by atoms with E-state index in [0.29, 0.717) is 19.1 Å². The normalized spacial score (nSPS) is 23.6. The van der Waals surface area contributed by atoms with Crippen molar-refractivity contribution in [3.63, 3.8) is 0 Å². The van der Waals surface area contributed by atoms with Gasteiger partial charge in [0.05, 0.1) is 6.61 Å². The summed E-state index contributed by atoms with van der Waals surface area (Å²) in [6.45, 7) is 2.56. The number of hydrogen-bond donors (Lipinski definition) is 1. The van der Waals surface area contributed by atoms with Crippen LogP contribution >= 0.6 is 0 Å². The monoisotopic (exact) mass is 209 g/mol. The van der Waals surface area contributed by atoms with E-state index in [1.807, 2.05) is 0 Å². The van der Waals surface area contributed by atoms with Crippen molar-refractivity contribution in [1.29, 1.82) is 0 Å². The summed E-state index contributed by atoms with van der Waals surface area (Å²) in [5, 5.41) is 8.87. The molecule has 3 nitrogen and oxygen atoms in total. The minimum Gasteiger partial charge on any atom is -0.396 e. The van der Waals surface area contributed by atoms with Crippen LogP contribution in [0.3, 0.4) is 0 Å². The zero-order valence-electron chi connectivity index (χ0n) is 8.16.